The first kappa shape index (κ1) is 19.2. The zero-order valence-corrected chi connectivity index (χ0v) is 15.8. The lowest BCUT2D eigenvalue weighted by Gasteiger charge is -2.14. The van der Waals surface area contributed by atoms with E-state index < -0.39 is 0 Å². The van der Waals surface area contributed by atoms with Crippen LogP contribution in [0.5, 0.6) is 11.5 Å². The molecule has 2 aromatic rings. The fourth-order valence-corrected chi connectivity index (χ4v) is 3.13. The zero-order chi connectivity index (χ0) is 18.1. The predicted molar refractivity (Wildman–Crippen MR) is 105 cm³/mol. The summed E-state index contributed by atoms with van der Waals surface area (Å²) in [7, 11) is 0. The molecule has 0 aromatic heterocycles. The van der Waals surface area contributed by atoms with Crippen LogP contribution in [0.4, 0.5) is 5.69 Å². The van der Waals surface area contributed by atoms with Crippen LogP contribution < -0.4 is 14.8 Å². The van der Waals surface area contributed by atoms with Crippen molar-refractivity contribution in [3.8, 4) is 11.5 Å². The monoisotopic (exact) mass is 359 g/mol. The number of hydrogen-bond donors (Lipinski definition) is 1. The predicted octanol–water partition coefficient (Wildman–Crippen LogP) is 4.74. The molecule has 2 aromatic carbocycles. The maximum Gasteiger partial charge on any atom is 0.237 e. The van der Waals surface area contributed by atoms with Gasteiger partial charge in [0.15, 0.2) is 0 Å². The van der Waals surface area contributed by atoms with Gasteiger partial charge in [0, 0.05) is 17.0 Å². The van der Waals surface area contributed by atoms with Crippen molar-refractivity contribution < 1.29 is 14.3 Å². The summed E-state index contributed by atoms with van der Waals surface area (Å²) in [5.74, 6) is 2.41. The summed E-state index contributed by atoms with van der Waals surface area (Å²) < 4.78 is 11.0. The number of ether oxygens (including phenoxy) is 2. The molecule has 1 N–H and O–H groups in total. The topological polar surface area (TPSA) is 47.6 Å². The maximum atomic E-state index is 12.4. The van der Waals surface area contributed by atoms with E-state index in [0.29, 0.717) is 13.2 Å². The molecule has 4 nitrogen and oxygen atoms in total. The molecule has 0 saturated carbocycles. The van der Waals surface area contributed by atoms with Crippen LogP contribution in [0.15, 0.2) is 48.5 Å². The number of hydrogen-bond acceptors (Lipinski definition) is 4. The van der Waals surface area contributed by atoms with Crippen molar-refractivity contribution in [1.29, 1.82) is 0 Å². The molecule has 0 radical (unpaired) electrons. The van der Waals surface area contributed by atoms with Gasteiger partial charge in [-0.2, -0.15) is 0 Å². The summed E-state index contributed by atoms with van der Waals surface area (Å²) >= 11 is 1.59. The van der Waals surface area contributed by atoms with Crippen LogP contribution in [-0.4, -0.2) is 24.4 Å². The second-order valence-electron chi connectivity index (χ2n) is 5.44. The number of nitrogens with one attached hydrogen (secondary N) is 1. The van der Waals surface area contributed by atoms with E-state index in [-0.39, 0.29) is 11.2 Å². The third-order valence-electron chi connectivity index (χ3n) is 3.56. The van der Waals surface area contributed by atoms with E-state index in [1.807, 2.05) is 69.3 Å². The van der Waals surface area contributed by atoms with Crippen LogP contribution in [-0.2, 0) is 10.5 Å². The minimum absolute atomic E-state index is 0.0111. The second-order valence-corrected chi connectivity index (χ2v) is 6.77. The van der Waals surface area contributed by atoms with Crippen LogP contribution in [0.1, 0.15) is 26.3 Å². The van der Waals surface area contributed by atoms with Crippen molar-refractivity contribution >= 4 is 23.4 Å². The van der Waals surface area contributed by atoms with Crippen molar-refractivity contribution in [2.75, 3.05) is 18.5 Å². The van der Waals surface area contributed by atoms with Crippen molar-refractivity contribution in [3.63, 3.8) is 0 Å². The summed E-state index contributed by atoms with van der Waals surface area (Å²) in [5, 5.41) is 2.77. The Bertz CT molecular complexity index is 673. The molecule has 25 heavy (non-hydrogen) atoms. The van der Waals surface area contributed by atoms with E-state index in [1.165, 1.54) is 0 Å². The Kier molecular flexibility index (Phi) is 7.67. The van der Waals surface area contributed by atoms with Crippen LogP contribution >= 0.6 is 11.8 Å². The van der Waals surface area contributed by atoms with Gasteiger partial charge in [0.25, 0.3) is 0 Å². The molecule has 1 amide bonds. The molecule has 1 unspecified atom stereocenters. The summed E-state index contributed by atoms with van der Waals surface area (Å²) in [6.07, 6.45) is 0. The fourth-order valence-electron chi connectivity index (χ4n) is 2.25. The molecule has 1 atom stereocenters. The van der Waals surface area contributed by atoms with Gasteiger partial charge >= 0.3 is 0 Å². The number of thioether (sulfide) groups is 1. The zero-order valence-electron chi connectivity index (χ0n) is 15.0. The van der Waals surface area contributed by atoms with Gasteiger partial charge in [-0.15, -0.1) is 11.8 Å². The molecular formula is C20H25NO3S. The highest BCUT2D eigenvalue weighted by Gasteiger charge is 2.15. The minimum atomic E-state index is -0.166. The largest absolute Gasteiger partial charge is 0.494 e. The van der Waals surface area contributed by atoms with Crippen molar-refractivity contribution in [1.82, 2.24) is 0 Å². The first-order valence-electron chi connectivity index (χ1n) is 8.50. The van der Waals surface area contributed by atoms with Crippen LogP contribution in [0, 0.1) is 0 Å². The fraction of sp³-hybridized carbons (Fsp3) is 0.350. The number of amides is 1. The average molecular weight is 359 g/mol. The number of rotatable bonds is 9. The molecule has 0 aliphatic carbocycles. The van der Waals surface area contributed by atoms with Gasteiger partial charge in [-0.1, -0.05) is 18.2 Å². The summed E-state index contributed by atoms with van der Waals surface area (Å²) in [6.45, 7) is 7.09. The van der Waals surface area contributed by atoms with E-state index in [2.05, 4.69) is 5.32 Å². The summed E-state index contributed by atoms with van der Waals surface area (Å²) in [4.78, 5) is 12.4. The summed E-state index contributed by atoms with van der Waals surface area (Å²) in [6, 6.07) is 15.4. The quantitative estimate of drug-likeness (QED) is 0.702. The lowest BCUT2D eigenvalue weighted by Crippen LogP contribution is -2.22. The Labute approximate surface area is 153 Å². The van der Waals surface area contributed by atoms with Crippen LogP contribution in [0.2, 0.25) is 0 Å². The van der Waals surface area contributed by atoms with E-state index in [9.17, 15) is 4.79 Å². The molecule has 0 saturated heterocycles. The summed E-state index contributed by atoms with van der Waals surface area (Å²) in [5.41, 5.74) is 1.88. The normalized spacial score (nSPS) is 11.6. The van der Waals surface area contributed by atoms with E-state index in [1.54, 1.807) is 11.8 Å². The van der Waals surface area contributed by atoms with Crippen molar-refractivity contribution in [2.45, 2.75) is 31.8 Å². The second kappa shape index (κ2) is 9.99. The molecule has 2 rings (SSSR count). The highest BCUT2D eigenvalue weighted by Crippen LogP contribution is 2.26. The van der Waals surface area contributed by atoms with Gasteiger partial charge in [0.05, 0.1) is 18.5 Å². The lowest BCUT2D eigenvalue weighted by molar-refractivity contribution is -0.115. The van der Waals surface area contributed by atoms with Gasteiger partial charge in [0.1, 0.15) is 11.5 Å². The standard InChI is InChI=1S/C20H25NO3S/c1-4-23-18-12-10-17(11-13-18)21-20(22)15(3)25-14-16-8-6-7-9-19(16)24-5-2/h6-13,15H,4-5,14H2,1-3H3,(H,21,22). The number of benzene rings is 2. The Morgan fingerprint density at radius 3 is 2.40 bits per heavy atom. The van der Waals surface area contributed by atoms with E-state index in [0.717, 1.165) is 28.5 Å². The molecule has 0 fully saturated rings. The highest BCUT2D eigenvalue weighted by atomic mass is 32.2. The molecule has 0 spiro atoms. The number of carbonyl (C=O) groups is 1. The molecule has 5 heteroatoms. The maximum absolute atomic E-state index is 12.4. The third-order valence-corrected chi connectivity index (χ3v) is 4.76. The molecular weight excluding hydrogens is 334 g/mol. The molecule has 0 aliphatic rings. The first-order valence-corrected chi connectivity index (χ1v) is 9.55. The number of anilines is 1. The van der Waals surface area contributed by atoms with Crippen molar-refractivity contribution in [2.24, 2.45) is 0 Å². The smallest absolute Gasteiger partial charge is 0.237 e. The number of carbonyl (C=O) groups excluding carboxylic acids is 1. The van der Waals surface area contributed by atoms with Gasteiger partial charge < -0.3 is 14.8 Å². The van der Waals surface area contributed by atoms with Gasteiger partial charge in [-0.05, 0) is 51.1 Å². The van der Waals surface area contributed by atoms with Crippen molar-refractivity contribution in [3.05, 3.63) is 54.1 Å². The minimum Gasteiger partial charge on any atom is -0.494 e. The SMILES string of the molecule is CCOc1ccc(NC(=O)C(C)SCc2ccccc2OCC)cc1. The Morgan fingerprint density at radius 1 is 1.04 bits per heavy atom. The Balaban J connectivity index is 1.88. The third kappa shape index (κ3) is 6.02. The molecule has 0 heterocycles. The van der Waals surface area contributed by atoms with Crippen LogP contribution in [0.3, 0.4) is 0 Å². The molecule has 134 valence electrons. The van der Waals surface area contributed by atoms with E-state index >= 15 is 0 Å². The molecule has 0 aliphatic heterocycles. The highest BCUT2D eigenvalue weighted by molar-refractivity contribution is 7.99. The lowest BCUT2D eigenvalue weighted by atomic mass is 10.2. The van der Waals surface area contributed by atoms with Gasteiger partial charge in [0.2, 0.25) is 5.91 Å². The Hall–Kier alpha value is -2.14. The molecule has 0 bridgehead atoms. The van der Waals surface area contributed by atoms with E-state index in [4.69, 9.17) is 9.47 Å². The number of para-hydroxylation sites is 1. The first-order chi connectivity index (χ1) is 12.1. The van der Waals surface area contributed by atoms with Crippen LogP contribution in [0.25, 0.3) is 0 Å². The van der Waals surface area contributed by atoms with Gasteiger partial charge in [-0.3, -0.25) is 4.79 Å². The average Bonchev–Trinajstić information content (AvgIpc) is 2.63. The Morgan fingerprint density at radius 2 is 1.72 bits per heavy atom. The van der Waals surface area contributed by atoms with Gasteiger partial charge in [-0.25, -0.2) is 0 Å².